The highest BCUT2D eigenvalue weighted by molar-refractivity contribution is 5.91. The molecule has 1 N–H and O–H groups in total. The Kier molecular flexibility index (Phi) is 11.6. The minimum absolute atomic E-state index is 0.0289. The number of rotatable bonds is 14. The molecule has 4 nitrogen and oxygen atoms in total. The third-order valence-electron chi connectivity index (χ3n) is 7.69. The van der Waals surface area contributed by atoms with Gasteiger partial charge in [0.25, 0.3) is 0 Å². The first-order valence-corrected chi connectivity index (χ1v) is 14.5. The fourth-order valence-electron chi connectivity index (χ4n) is 5.57. The van der Waals surface area contributed by atoms with Gasteiger partial charge in [-0.3, -0.25) is 14.7 Å². The van der Waals surface area contributed by atoms with Crippen LogP contribution >= 0.6 is 0 Å². The van der Waals surface area contributed by atoms with E-state index >= 15 is 0 Å². The summed E-state index contributed by atoms with van der Waals surface area (Å²) < 4.78 is 0. The summed E-state index contributed by atoms with van der Waals surface area (Å²) in [5.41, 5.74) is 3.74. The maximum absolute atomic E-state index is 11.9. The van der Waals surface area contributed by atoms with Gasteiger partial charge in [-0.15, -0.1) is 0 Å². The molecule has 0 unspecified atom stereocenters. The summed E-state index contributed by atoms with van der Waals surface area (Å²) in [6.07, 6.45) is 18.3. The largest absolute Gasteiger partial charge is 0.353 e. The summed E-state index contributed by atoms with van der Waals surface area (Å²) in [5.74, 6) is 0.840. The van der Waals surface area contributed by atoms with Crippen molar-refractivity contribution in [2.45, 2.75) is 63.8 Å². The van der Waals surface area contributed by atoms with Crippen molar-refractivity contribution in [3.8, 4) is 0 Å². The molecule has 0 radical (unpaired) electrons. The fourth-order valence-corrected chi connectivity index (χ4v) is 5.57. The molecule has 2 heterocycles. The highest BCUT2D eigenvalue weighted by Gasteiger charge is 2.27. The van der Waals surface area contributed by atoms with Gasteiger partial charge in [0.15, 0.2) is 0 Å². The third-order valence-corrected chi connectivity index (χ3v) is 7.69. The van der Waals surface area contributed by atoms with Crippen LogP contribution in [0.15, 0.2) is 91.3 Å². The number of piperidine rings is 1. The van der Waals surface area contributed by atoms with Gasteiger partial charge < -0.3 is 5.32 Å². The summed E-state index contributed by atoms with van der Waals surface area (Å²) in [6, 6.07) is 26.1. The lowest BCUT2D eigenvalue weighted by Gasteiger charge is -2.38. The van der Waals surface area contributed by atoms with Crippen molar-refractivity contribution in [1.82, 2.24) is 15.2 Å². The van der Waals surface area contributed by atoms with Crippen molar-refractivity contribution >= 4 is 12.0 Å². The molecule has 1 fully saturated rings. The number of carbonyl (C=O) groups is 1. The van der Waals surface area contributed by atoms with Gasteiger partial charge in [0.1, 0.15) is 0 Å². The molecule has 0 bridgehead atoms. The Bertz CT molecular complexity index is 1040. The summed E-state index contributed by atoms with van der Waals surface area (Å²) >= 11 is 0. The van der Waals surface area contributed by atoms with Crippen molar-refractivity contribution < 1.29 is 4.79 Å². The first kappa shape index (κ1) is 27.8. The van der Waals surface area contributed by atoms with Crippen LogP contribution in [-0.4, -0.2) is 35.4 Å². The minimum atomic E-state index is -0.0289. The Hall–Kier alpha value is -3.24. The van der Waals surface area contributed by atoms with E-state index in [2.05, 4.69) is 75.9 Å². The molecule has 0 spiro atoms. The van der Waals surface area contributed by atoms with E-state index in [1.807, 2.05) is 12.1 Å². The van der Waals surface area contributed by atoms with E-state index in [4.69, 9.17) is 0 Å². The van der Waals surface area contributed by atoms with Gasteiger partial charge in [-0.2, -0.15) is 0 Å². The summed E-state index contributed by atoms with van der Waals surface area (Å²) in [4.78, 5) is 18.7. The highest BCUT2D eigenvalue weighted by atomic mass is 16.1. The predicted octanol–water partition coefficient (Wildman–Crippen LogP) is 7.44. The zero-order valence-corrected chi connectivity index (χ0v) is 22.7. The van der Waals surface area contributed by atoms with Crippen LogP contribution in [0.4, 0.5) is 0 Å². The number of likely N-dealkylation sites (tertiary alicyclic amines) is 1. The van der Waals surface area contributed by atoms with Crippen LogP contribution in [0.5, 0.6) is 0 Å². The lowest BCUT2D eigenvalue weighted by Crippen LogP contribution is -2.37. The van der Waals surface area contributed by atoms with Crippen LogP contribution < -0.4 is 5.32 Å². The Labute approximate surface area is 229 Å². The van der Waals surface area contributed by atoms with Crippen LogP contribution in [0.2, 0.25) is 0 Å². The molecule has 0 aliphatic carbocycles. The topological polar surface area (TPSA) is 45.2 Å². The van der Waals surface area contributed by atoms with E-state index < -0.39 is 0 Å². The van der Waals surface area contributed by atoms with Gasteiger partial charge in [-0.05, 0) is 67.1 Å². The Morgan fingerprint density at radius 1 is 0.842 bits per heavy atom. The predicted molar refractivity (Wildman–Crippen MR) is 158 cm³/mol. The number of amides is 1. The summed E-state index contributed by atoms with van der Waals surface area (Å²) in [7, 11) is 0. The van der Waals surface area contributed by atoms with E-state index in [1.165, 1.54) is 75.6 Å². The van der Waals surface area contributed by atoms with Gasteiger partial charge in [0, 0.05) is 25.0 Å². The second-order valence-corrected chi connectivity index (χ2v) is 10.5. The molecule has 1 amide bonds. The molecule has 1 aliphatic rings. The van der Waals surface area contributed by atoms with Crippen LogP contribution in [0.3, 0.4) is 0 Å². The minimum Gasteiger partial charge on any atom is -0.353 e. The molecule has 0 atom stereocenters. The van der Waals surface area contributed by atoms with Crippen LogP contribution in [0, 0.1) is 5.92 Å². The zero-order chi connectivity index (χ0) is 26.3. The molecule has 1 aliphatic heterocycles. The first-order chi connectivity index (χ1) is 18.8. The quantitative estimate of drug-likeness (QED) is 0.181. The number of nitrogens with one attached hydrogen (secondary N) is 1. The highest BCUT2D eigenvalue weighted by Crippen LogP contribution is 2.33. The maximum atomic E-state index is 11.9. The molecule has 1 aromatic heterocycles. The number of pyridine rings is 1. The van der Waals surface area contributed by atoms with Crippen molar-refractivity contribution in [3.05, 3.63) is 108 Å². The lowest BCUT2D eigenvalue weighted by atomic mass is 9.88. The Balaban J connectivity index is 1.06. The number of carbonyl (C=O) groups excluding carboxylic acids is 1. The molecule has 200 valence electrons. The molecule has 2 aromatic carbocycles. The van der Waals surface area contributed by atoms with E-state index in [9.17, 15) is 4.79 Å². The van der Waals surface area contributed by atoms with Crippen LogP contribution in [0.1, 0.15) is 80.5 Å². The second-order valence-electron chi connectivity index (χ2n) is 10.5. The van der Waals surface area contributed by atoms with Crippen LogP contribution in [0.25, 0.3) is 6.08 Å². The molecule has 3 aromatic rings. The zero-order valence-electron chi connectivity index (χ0n) is 22.7. The van der Waals surface area contributed by atoms with Crippen molar-refractivity contribution in [2.75, 3.05) is 19.6 Å². The molecule has 4 heteroatoms. The second kappa shape index (κ2) is 15.9. The molecular weight excluding hydrogens is 466 g/mol. The lowest BCUT2D eigenvalue weighted by molar-refractivity contribution is -0.116. The molecule has 0 saturated carbocycles. The van der Waals surface area contributed by atoms with Crippen molar-refractivity contribution in [3.63, 3.8) is 0 Å². The average Bonchev–Trinajstić information content (AvgIpc) is 2.98. The van der Waals surface area contributed by atoms with Gasteiger partial charge in [0.2, 0.25) is 5.91 Å². The maximum Gasteiger partial charge on any atom is 0.243 e. The number of hydrogen-bond acceptors (Lipinski definition) is 3. The van der Waals surface area contributed by atoms with E-state index in [0.29, 0.717) is 6.04 Å². The standard InChI is InChI=1S/C34H43N3O/c38-33(21-20-30-15-13-24-35-28-30)36-25-12-4-2-1-3-7-14-29-22-26-37(27-23-29)34(31-16-8-5-9-17-31)32-18-10-6-11-19-32/h5-6,8-11,13,15-21,24,28-29,34H,1-4,7,12,14,22-23,25-27H2,(H,36,38). The molecule has 38 heavy (non-hydrogen) atoms. The van der Waals surface area contributed by atoms with E-state index in [1.54, 1.807) is 24.5 Å². The Morgan fingerprint density at radius 3 is 2.11 bits per heavy atom. The molecule has 1 saturated heterocycles. The molecule has 4 rings (SSSR count). The van der Waals surface area contributed by atoms with Crippen molar-refractivity contribution in [1.29, 1.82) is 0 Å². The third kappa shape index (κ3) is 9.25. The number of nitrogens with zero attached hydrogens (tertiary/aromatic N) is 2. The van der Waals surface area contributed by atoms with E-state index in [0.717, 1.165) is 24.4 Å². The fraction of sp³-hybridized carbons (Fsp3) is 0.412. The normalized spacial score (nSPS) is 14.8. The van der Waals surface area contributed by atoms with Gasteiger partial charge in [-0.25, -0.2) is 0 Å². The SMILES string of the molecule is O=C(C=Cc1cccnc1)NCCCCCCCCC1CCN(C(c2ccccc2)c2ccccc2)CC1. The summed E-state index contributed by atoms with van der Waals surface area (Å²) in [6.45, 7) is 3.12. The average molecular weight is 510 g/mol. The molecular formula is C34H43N3O. The number of benzene rings is 2. The smallest absolute Gasteiger partial charge is 0.243 e. The number of unbranched alkanes of at least 4 members (excludes halogenated alkanes) is 5. The van der Waals surface area contributed by atoms with Gasteiger partial charge >= 0.3 is 0 Å². The van der Waals surface area contributed by atoms with Crippen molar-refractivity contribution in [2.24, 2.45) is 5.92 Å². The number of hydrogen-bond donors (Lipinski definition) is 1. The number of aromatic nitrogens is 1. The summed E-state index contributed by atoms with van der Waals surface area (Å²) in [5, 5.41) is 2.98. The van der Waals surface area contributed by atoms with Gasteiger partial charge in [-0.1, -0.05) is 105 Å². The Morgan fingerprint density at radius 2 is 1.47 bits per heavy atom. The van der Waals surface area contributed by atoms with Crippen LogP contribution in [-0.2, 0) is 4.79 Å². The van der Waals surface area contributed by atoms with Gasteiger partial charge in [0.05, 0.1) is 6.04 Å². The first-order valence-electron chi connectivity index (χ1n) is 14.5. The monoisotopic (exact) mass is 509 g/mol. The van der Waals surface area contributed by atoms with E-state index in [-0.39, 0.29) is 5.91 Å².